The number of ether oxygens (including phenoxy) is 1. The number of nitrogens with zero attached hydrogens (tertiary/aromatic N) is 4. The Morgan fingerprint density at radius 3 is 2.85 bits per heavy atom. The molecule has 0 amide bonds. The predicted octanol–water partition coefficient (Wildman–Crippen LogP) is 1.03. The molecule has 4 rings (SSSR count). The molecule has 0 aliphatic carbocycles. The molecular weight excluding hydrogens is 252 g/mol. The van der Waals surface area contributed by atoms with Crippen LogP contribution in [0.4, 0.5) is 5.95 Å². The molecule has 0 radical (unpaired) electrons. The number of aromatic nitrogens is 2. The highest BCUT2D eigenvalue weighted by Gasteiger charge is 2.48. The summed E-state index contributed by atoms with van der Waals surface area (Å²) in [6.45, 7) is 7.86. The van der Waals surface area contributed by atoms with Crippen molar-refractivity contribution in [1.29, 1.82) is 0 Å². The van der Waals surface area contributed by atoms with Crippen LogP contribution in [0.3, 0.4) is 0 Å². The van der Waals surface area contributed by atoms with Crippen molar-refractivity contribution in [1.82, 2.24) is 14.9 Å². The van der Waals surface area contributed by atoms with Gasteiger partial charge >= 0.3 is 0 Å². The first-order chi connectivity index (χ1) is 9.83. The molecule has 1 aromatic rings. The summed E-state index contributed by atoms with van der Waals surface area (Å²) in [5.41, 5.74) is 0.499. The SMILES string of the molecule is c1cnc(N2CCC3(CN(CC4CCOC4)C3)C2)nc1. The summed E-state index contributed by atoms with van der Waals surface area (Å²) in [6.07, 6.45) is 6.19. The van der Waals surface area contributed by atoms with Gasteiger partial charge in [0.15, 0.2) is 0 Å². The molecule has 108 valence electrons. The highest BCUT2D eigenvalue weighted by atomic mass is 16.5. The minimum absolute atomic E-state index is 0.499. The van der Waals surface area contributed by atoms with Crippen LogP contribution in [0.2, 0.25) is 0 Å². The smallest absolute Gasteiger partial charge is 0.225 e. The fourth-order valence-electron chi connectivity index (χ4n) is 3.94. The number of anilines is 1. The van der Waals surface area contributed by atoms with Gasteiger partial charge in [-0.1, -0.05) is 0 Å². The third-order valence-corrected chi connectivity index (χ3v) is 4.93. The monoisotopic (exact) mass is 274 g/mol. The molecular formula is C15H22N4O. The summed E-state index contributed by atoms with van der Waals surface area (Å²) in [5.74, 6) is 1.66. The van der Waals surface area contributed by atoms with Gasteiger partial charge in [0.1, 0.15) is 0 Å². The van der Waals surface area contributed by atoms with Crippen LogP contribution in [0.5, 0.6) is 0 Å². The van der Waals surface area contributed by atoms with Crippen LogP contribution >= 0.6 is 0 Å². The van der Waals surface area contributed by atoms with Crippen LogP contribution in [0, 0.1) is 11.3 Å². The van der Waals surface area contributed by atoms with Crippen LogP contribution < -0.4 is 4.90 Å². The van der Waals surface area contributed by atoms with Crippen LogP contribution in [-0.4, -0.2) is 60.8 Å². The largest absolute Gasteiger partial charge is 0.381 e. The summed E-state index contributed by atoms with van der Waals surface area (Å²) >= 11 is 0. The van der Waals surface area contributed by atoms with E-state index in [-0.39, 0.29) is 0 Å². The summed E-state index contributed by atoms with van der Waals surface area (Å²) < 4.78 is 5.47. The Balaban J connectivity index is 1.31. The molecule has 20 heavy (non-hydrogen) atoms. The van der Waals surface area contributed by atoms with E-state index < -0.39 is 0 Å². The molecule has 5 heteroatoms. The lowest BCUT2D eigenvalue weighted by atomic mass is 9.78. The lowest BCUT2D eigenvalue weighted by Crippen LogP contribution is -2.58. The number of hydrogen-bond donors (Lipinski definition) is 0. The maximum atomic E-state index is 5.47. The fourth-order valence-corrected chi connectivity index (χ4v) is 3.94. The van der Waals surface area contributed by atoms with E-state index in [1.165, 1.54) is 32.5 Å². The van der Waals surface area contributed by atoms with E-state index >= 15 is 0 Å². The second kappa shape index (κ2) is 4.97. The Morgan fingerprint density at radius 1 is 1.25 bits per heavy atom. The summed E-state index contributed by atoms with van der Waals surface area (Å²) in [4.78, 5) is 13.7. The predicted molar refractivity (Wildman–Crippen MR) is 76.7 cm³/mol. The average Bonchev–Trinajstić information content (AvgIpc) is 3.09. The van der Waals surface area contributed by atoms with Crippen molar-refractivity contribution >= 4 is 5.95 Å². The Labute approximate surface area is 120 Å². The average molecular weight is 274 g/mol. The van der Waals surface area contributed by atoms with E-state index in [0.29, 0.717) is 5.41 Å². The van der Waals surface area contributed by atoms with Crippen LogP contribution in [0.15, 0.2) is 18.5 Å². The zero-order chi connectivity index (χ0) is 13.4. The van der Waals surface area contributed by atoms with E-state index in [4.69, 9.17) is 4.74 Å². The van der Waals surface area contributed by atoms with Gasteiger partial charge in [-0.05, 0) is 24.8 Å². The molecule has 0 aromatic carbocycles. The van der Waals surface area contributed by atoms with Crippen molar-refractivity contribution in [3.05, 3.63) is 18.5 Å². The third-order valence-electron chi connectivity index (χ3n) is 4.93. The molecule has 3 aliphatic heterocycles. The zero-order valence-corrected chi connectivity index (χ0v) is 11.9. The fraction of sp³-hybridized carbons (Fsp3) is 0.733. The van der Waals surface area contributed by atoms with E-state index in [0.717, 1.165) is 38.2 Å². The van der Waals surface area contributed by atoms with Crippen molar-refractivity contribution in [2.45, 2.75) is 12.8 Å². The molecule has 0 N–H and O–H groups in total. The van der Waals surface area contributed by atoms with E-state index in [1.54, 1.807) is 0 Å². The van der Waals surface area contributed by atoms with Gasteiger partial charge in [0.2, 0.25) is 5.95 Å². The molecule has 3 fully saturated rings. The highest BCUT2D eigenvalue weighted by Crippen LogP contribution is 2.40. The van der Waals surface area contributed by atoms with Gasteiger partial charge in [0.25, 0.3) is 0 Å². The third kappa shape index (κ3) is 2.29. The number of likely N-dealkylation sites (tertiary alicyclic amines) is 1. The molecule has 4 heterocycles. The second-order valence-electron chi connectivity index (χ2n) is 6.62. The van der Waals surface area contributed by atoms with Crippen molar-refractivity contribution in [2.24, 2.45) is 11.3 Å². The molecule has 3 aliphatic rings. The van der Waals surface area contributed by atoms with Crippen LogP contribution in [0.25, 0.3) is 0 Å². The molecule has 0 bridgehead atoms. The first kappa shape index (κ1) is 12.5. The van der Waals surface area contributed by atoms with Crippen LogP contribution in [-0.2, 0) is 4.74 Å². The van der Waals surface area contributed by atoms with E-state index in [1.807, 2.05) is 18.5 Å². The Kier molecular flexibility index (Phi) is 3.11. The molecule has 1 unspecified atom stereocenters. The van der Waals surface area contributed by atoms with Crippen molar-refractivity contribution in [3.8, 4) is 0 Å². The van der Waals surface area contributed by atoms with Gasteiger partial charge in [-0.2, -0.15) is 0 Å². The lowest BCUT2D eigenvalue weighted by molar-refractivity contribution is 0.00526. The first-order valence-electron chi connectivity index (χ1n) is 7.65. The van der Waals surface area contributed by atoms with Crippen molar-refractivity contribution < 1.29 is 4.74 Å². The van der Waals surface area contributed by atoms with Gasteiger partial charge in [-0.15, -0.1) is 0 Å². The van der Waals surface area contributed by atoms with E-state index in [9.17, 15) is 0 Å². The first-order valence-corrected chi connectivity index (χ1v) is 7.65. The molecule has 0 saturated carbocycles. The van der Waals surface area contributed by atoms with Crippen molar-refractivity contribution in [2.75, 3.05) is 50.8 Å². The van der Waals surface area contributed by atoms with Gasteiger partial charge in [0.05, 0.1) is 6.61 Å². The van der Waals surface area contributed by atoms with E-state index in [2.05, 4.69) is 19.8 Å². The van der Waals surface area contributed by atoms with Crippen molar-refractivity contribution in [3.63, 3.8) is 0 Å². The maximum Gasteiger partial charge on any atom is 0.225 e. The van der Waals surface area contributed by atoms with Crippen LogP contribution in [0.1, 0.15) is 12.8 Å². The Bertz CT molecular complexity index is 454. The standard InChI is InChI=1S/C15H22N4O/c1-4-16-14(17-5-1)19-6-3-15(12-19)10-18(11-15)8-13-2-7-20-9-13/h1,4-5,13H,2-3,6-12H2. The van der Waals surface area contributed by atoms with Gasteiger partial charge in [-0.3, -0.25) is 0 Å². The minimum Gasteiger partial charge on any atom is -0.381 e. The summed E-state index contributed by atoms with van der Waals surface area (Å²) in [5, 5.41) is 0. The second-order valence-corrected chi connectivity index (χ2v) is 6.62. The molecule has 1 atom stereocenters. The minimum atomic E-state index is 0.499. The normalized spacial score (nSPS) is 29.0. The molecule has 5 nitrogen and oxygen atoms in total. The van der Waals surface area contributed by atoms with Gasteiger partial charge < -0.3 is 14.5 Å². The van der Waals surface area contributed by atoms with Gasteiger partial charge in [-0.25, -0.2) is 9.97 Å². The highest BCUT2D eigenvalue weighted by molar-refractivity contribution is 5.32. The quantitative estimate of drug-likeness (QED) is 0.823. The molecule has 1 spiro atoms. The Hall–Kier alpha value is -1.20. The maximum absolute atomic E-state index is 5.47. The molecule has 3 saturated heterocycles. The topological polar surface area (TPSA) is 41.5 Å². The summed E-state index contributed by atoms with van der Waals surface area (Å²) in [6, 6.07) is 1.88. The molecule has 1 aromatic heterocycles. The number of rotatable bonds is 3. The lowest BCUT2D eigenvalue weighted by Gasteiger charge is -2.48. The number of hydrogen-bond acceptors (Lipinski definition) is 5. The summed E-state index contributed by atoms with van der Waals surface area (Å²) in [7, 11) is 0. The van der Waals surface area contributed by atoms with Gasteiger partial charge in [0, 0.05) is 57.1 Å². The Morgan fingerprint density at radius 2 is 2.10 bits per heavy atom. The zero-order valence-electron chi connectivity index (χ0n) is 11.9.